The van der Waals surface area contributed by atoms with E-state index in [1.54, 1.807) is 25.3 Å². The second kappa shape index (κ2) is 3.49. The van der Waals surface area contributed by atoms with Crippen LogP contribution in [-0.4, -0.2) is 22.3 Å². The largest absolute Gasteiger partial charge is 0.497 e. The number of aromatic nitrogens is 3. The Hall–Kier alpha value is -2.24. The van der Waals surface area contributed by atoms with Gasteiger partial charge in [0.15, 0.2) is 5.82 Å². The molecule has 0 saturated carbocycles. The molecule has 0 saturated heterocycles. The Labute approximate surface area is 86.3 Å². The molecule has 0 aliphatic rings. The monoisotopic (exact) mass is 205 g/mol. The number of anilines is 2. The first kappa shape index (κ1) is 9.32. The molecule has 0 radical (unpaired) electrons. The van der Waals surface area contributed by atoms with E-state index in [1.165, 1.54) is 0 Å². The first-order valence-electron chi connectivity index (χ1n) is 4.32. The minimum absolute atomic E-state index is 0.195. The first-order chi connectivity index (χ1) is 7.20. The smallest absolute Gasteiger partial charge is 0.239 e. The zero-order valence-electron chi connectivity index (χ0n) is 8.19. The van der Waals surface area contributed by atoms with E-state index in [0.717, 1.165) is 5.56 Å². The molecule has 15 heavy (non-hydrogen) atoms. The van der Waals surface area contributed by atoms with Gasteiger partial charge in [0, 0.05) is 17.3 Å². The lowest BCUT2D eigenvalue weighted by atomic mass is 10.1. The van der Waals surface area contributed by atoms with Crippen LogP contribution in [0.2, 0.25) is 0 Å². The van der Waals surface area contributed by atoms with Gasteiger partial charge in [-0.2, -0.15) is 4.98 Å². The van der Waals surface area contributed by atoms with E-state index in [-0.39, 0.29) is 5.95 Å². The highest BCUT2D eigenvalue weighted by atomic mass is 16.5. The third-order valence-electron chi connectivity index (χ3n) is 2.02. The Morgan fingerprint density at radius 3 is 2.67 bits per heavy atom. The fourth-order valence-corrected chi connectivity index (χ4v) is 1.28. The molecule has 0 amide bonds. The number of nitrogens with zero attached hydrogens (tertiary/aromatic N) is 2. The standard InChI is InChI=1S/C9H11N5O/c1-15-5-2-3-6(7(10)4-5)8-12-9(11)14-13-8/h2-4H,10H2,1H3,(H3,11,12,13,14). The predicted molar refractivity (Wildman–Crippen MR) is 57.2 cm³/mol. The number of aromatic amines is 1. The van der Waals surface area contributed by atoms with Gasteiger partial charge in [-0.15, -0.1) is 5.10 Å². The number of methoxy groups -OCH3 is 1. The number of hydrogen-bond donors (Lipinski definition) is 3. The maximum atomic E-state index is 5.83. The van der Waals surface area contributed by atoms with Gasteiger partial charge in [0.25, 0.3) is 0 Å². The minimum atomic E-state index is 0.195. The number of hydrogen-bond acceptors (Lipinski definition) is 5. The van der Waals surface area contributed by atoms with Crippen LogP contribution in [0.5, 0.6) is 5.75 Å². The van der Waals surface area contributed by atoms with Crippen LogP contribution in [-0.2, 0) is 0 Å². The Kier molecular flexibility index (Phi) is 2.17. The van der Waals surface area contributed by atoms with Crippen LogP contribution < -0.4 is 16.2 Å². The van der Waals surface area contributed by atoms with Gasteiger partial charge in [0.2, 0.25) is 5.95 Å². The molecule has 0 spiro atoms. The fourth-order valence-electron chi connectivity index (χ4n) is 1.28. The number of nitrogens with two attached hydrogens (primary N) is 2. The number of H-pyrrole nitrogens is 1. The quantitative estimate of drug-likeness (QED) is 0.624. The molecule has 0 unspecified atom stereocenters. The summed E-state index contributed by atoms with van der Waals surface area (Å²) in [5.41, 5.74) is 12.5. The average Bonchev–Trinajstić information content (AvgIpc) is 2.64. The lowest BCUT2D eigenvalue weighted by molar-refractivity contribution is 0.415. The van der Waals surface area contributed by atoms with Gasteiger partial charge in [0.05, 0.1) is 7.11 Å². The summed E-state index contributed by atoms with van der Waals surface area (Å²) < 4.78 is 5.04. The lowest BCUT2D eigenvalue weighted by Crippen LogP contribution is -1.93. The maximum Gasteiger partial charge on any atom is 0.239 e. The Bertz CT molecular complexity index is 479. The average molecular weight is 205 g/mol. The van der Waals surface area contributed by atoms with Crippen LogP contribution in [0.25, 0.3) is 11.4 Å². The van der Waals surface area contributed by atoms with E-state index >= 15 is 0 Å². The maximum absolute atomic E-state index is 5.83. The van der Waals surface area contributed by atoms with Crippen LogP contribution in [0.15, 0.2) is 18.2 Å². The van der Waals surface area contributed by atoms with Gasteiger partial charge >= 0.3 is 0 Å². The van der Waals surface area contributed by atoms with E-state index in [4.69, 9.17) is 16.2 Å². The molecule has 1 aromatic carbocycles. The van der Waals surface area contributed by atoms with E-state index in [2.05, 4.69) is 15.2 Å². The Morgan fingerprint density at radius 1 is 1.33 bits per heavy atom. The second-order valence-corrected chi connectivity index (χ2v) is 3.00. The summed E-state index contributed by atoms with van der Waals surface area (Å²) in [4.78, 5) is 3.99. The number of ether oxygens (including phenoxy) is 1. The number of rotatable bonds is 2. The van der Waals surface area contributed by atoms with Crippen LogP contribution in [0.4, 0.5) is 11.6 Å². The summed E-state index contributed by atoms with van der Waals surface area (Å²) in [6.07, 6.45) is 0. The van der Waals surface area contributed by atoms with Crippen molar-refractivity contribution < 1.29 is 4.74 Å². The molecule has 1 heterocycles. The van der Waals surface area contributed by atoms with Gasteiger partial charge in [0.1, 0.15) is 5.75 Å². The number of nitrogen functional groups attached to an aromatic ring is 2. The summed E-state index contributed by atoms with van der Waals surface area (Å²) >= 11 is 0. The normalized spacial score (nSPS) is 10.2. The van der Waals surface area contributed by atoms with E-state index in [0.29, 0.717) is 17.3 Å². The SMILES string of the molecule is COc1ccc(-c2nc(N)n[nH]2)c(N)c1. The molecule has 0 atom stereocenters. The molecule has 6 nitrogen and oxygen atoms in total. The highest BCUT2D eigenvalue weighted by Crippen LogP contribution is 2.26. The third kappa shape index (κ3) is 1.69. The van der Waals surface area contributed by atoms with Crippen molar-refractivity contribution in [3.63, 3.8) is 0 Å². The molecule has 1 aromatic heterocycles. The second-order valence-electron chi connectivity index (χ2n) is 3.00. The zero-order valence-corrected chi connectivity index (χ0v) is 8.19. The zero-order chi connectivity index (χ0) is 10.8. The van der Waals surface area contributed by atoms with Gasteiger partial charge in [-0.3, -0.25) is 5.10 Å². The van der Waals surface area contributed by atoms with Gasteiger partial charge < -0.3 is 16.2 Å². The molecule has 0 aliphatic heterocycles. The van der Waals surface area contributed by atoms with Crippen molar-refractivity contribution in [2.75, 3.05) is 18.6 Å². The third-order valence-corrected chi connectivity index (χ3v) is 2.02. The minimum Gasteiger partial charge on any atom is -0.497 e. The molecule has 2 aromatic rings. The summed E-state index contributed by atoms with van der Waals surface area (Å²) in [5, 5.41) is 6.42. The van der Waals surface area contributed by atoms with Gasteiger partial charge in [-0.1, -0.05) is 0 Å². The fraction of sp³-hybridized carbons (Fsp3) is 0.111. The van der Waals surface area contributed by atoms with Crippen molar-refractivity contribution in [3.05, 3.63) is 18.2 Å². The van der Waals surface area contributed by atoms with Crippen LogP contribution in [0, 0.1) is 0 Å². The van der Waals surface area contributed by atoms with E-state index in [9.17, 15) is 0 Å². The van der Waals surface area contributed by atoms with Crippen molar-refractivity contribution in [2.24, 2.45) is 0 Å². The molecule has 5 N–H and O–H groups in total. The molecular formula is C9H11N5O. The van der Waals surface area contributed by atoms with Gasteiger partial charge in [-0.05, 0) is 12.1 Å². The predicted octanol–water partition coefficient (Wildman–Crippen LogP) is 0.645. The summed E-state index contributed by atoms with van der Waals surface area (Å²) in [5.74, 6) is 1.44. The summed E-state index contributed by atoms with van der Waals surface area (Å²) in [7, 11) is 1.58. The van der Waals surface area contributed by atoms with Crippen molar-refractivity contribution in [2.45, 2.75) is 0 Å². The summed E-state index contributed by atoms with van der Waals surface area (Å²) in [6, 6.07) is 5.31. The van der Waals surface area contributed by atoms with Crippen LogP contribution in [0.3, 0.4) is 0 Å². The van der Waals surface area contributed by atoms with Crippen LogP contribution in [0.1, 0.15) is 0 Å². The highest BCUT2D eigenvalue weighted by Gasteiger charge is 2.07. The highest BCUT2D eigenvalue weighted by molar-refractivity contribution is 5.73. The lowest BCUT2D eigenvalue weighted by Gasteiger charge is -2.04. The molecule has 0 bridgehead atoms. The first-order valence-corrected chi connectivity index (χ1v) is 4.32. The number of benzene rings is 1. The van der Waals surface area contributed by atoms with Crippen molar-refractivity contribution >= 4 is 11.6 Å². The topological polar surface area (TPSA) is 103 Å². The molecule has 0 fully saturated rings. The van der Waals surface area contributed by atoms with E-state index in [1.807, 2.05) is 0 Å². The Balaban J connectivity index is 2.45. The molecule has 2 rings (SSSR count). The van der Waals surface area contributed by atoms with Crippen molar-refractivity contribution in [1.82, 2.24) is 15.2 Å². The van der Waals surface area contributed by atoms with Gasteiger partial charge in [-0.25, -0.2) is 0 Å². The number of nitrogens with one attached hydrogen (secondary N) is 1. The van der Waals surface area contributed by atoms with Crippen molar-refractivity contribution in [1.29, 1.82) is 0 Å². The molecular weight excluding hydrogens is 194 g/mol. The molecule has 0 aliphatic carbocycles. The molecule has 6 heteroatoms. The Morgan fingerprint density at radius 2 is 2.13 bits per heavy atom. The molecule has 78 valence electrons. The summed E-state index contributed by atoms with van der Waals surface area (Å²) in [6.45, 7) is 0. The van der Waals surface area contributed by atoms with E-state index < -0.39 is 0 Å². The van der Waals surface area contributed by atoms with Crippen molar-refractivity contribution in [3.8, 4) is 17.1 Å². The van der Waals surface area contributed by atoms with Crippen LogP contribution >= 0.6 is 0 Å².